The quantitative estimate of drug-likeness (QED) is 0.254. The van der Waals surface area contributed by atoms with Crippen LogP contribution in [0.25, 0.3) is 5.01 Å². The van der Waals surface area contributed by atoms with Gasteiger partial charge < -0.3 is 4.74 Å². The molecule has 0 heterocycles. The fraction of sp³-hybridized carbons (Fsp3) is 0.818. The lowest BCUT2D eigenvalue weighted by molar-refractivity contribution is 0.164. The second-order valence-electron chi connectivity index (χ2n) is 3.48. The summed E-state index contributed by atoms with van der Waals surface area (Å²) < 4.78 is 4.60. The molecule has 4 nitrogen and oxygen atoms in total. The Balaban J connectivity index is 3.60. The lowest BCUT2D eigenvalue weighted by Crippen LogP contribution is -2.08. The molecule has 0 fully saturated rings. The molecule has 1 unspecified atom stereocenters. The van der Waals surface area contributed by atoms with Crippen molar-refractivity contribution in [1.29, 1.82) is 5.26 Å². The second-order valence-corrected chi connectivity index (χ2v) is 3.48. The van der Waals surface area contributed by atoms with Gasteiger partial charge in [0, 0.05) is 5.92 Å². The van der Waals surface area contributed by atoms with Gasteiger partial charge in [-0.2, -0.15) is 16.7 Å². The van der Waals surface area contributed by atoms with E-state index in [1.54, 1.807) is 6.26 Å². The van der Waals surface area contributed by atoms with Gasteiger partial charge in [-0.3, -0.25) is 0 Å². The zero-order chi connectivity index (χ0) is 11.4. The number of rotatable bonds is 9. The molecule has 84 valence electrons. The molecule has 0 saturated heterocycles. The summed E-state index contributed by atoms with van der Waals surface area (Å²) in [6.07, 6.45) is 6.85. The maximum atomic E-state index is 8.18. The largest absolute Gasteiger partial charge is 0.428 e. The Kier molecular flexibility index (Phi) is 9.65. The highest BCUT2D eigenvalue weighted by Crippen LogP contribution is 2.15. The number of hydrogen-bond donors (Lipinski definition) is 0. The molecule has 0 amide bonds. The van der Waals surface area contributed by atoms with Gasteiger partial charge in [-0.1, -0.05) is 19.8 Å². The summed E-state index contributed by atoms with van der Waals surface area (Å²) >= 11 is 0. The van der Waals surface area contributed by atoms with Gasteiger partial charge in [0.2, 0.25) is 0 Å². The van der Waals surface area contributed by atoms with E-state index in [9.17, 15) is 0 Å². The molecule has 4 heteroatoms. The molecular weight excluding hydrogens is 192 g/mol. The van der Waals surface area contributed by atoms with Crippen molar-refractivity contribution in [2.24, 2.45) is 5.92 Å². The molecule has 0 aliphatic carbocycles. The molecule has 0 radical (unpaired) electrons. The molecule has 0 saturated carbocycles. The van der Waals surface area contributed by atoms with Crippen LogP contribution in [0.5, 0.6) is 0 Å². The van der Waals surface area contributed by atoms with Gasteiger partial charge in [0.25, 0.3) is 6.26 Å². The number of nitrogens with zero attached hydrogens (tertiary/aromatic N) is 2. The van der Waals surface area contributed by atoms with Crippen molar-refractivity contribution in [3.63, 3.8) is 0 Å². The first-order chi connectivity index (χ1) is 7.35. The van der Waals surface area contributed by atoms with Crippen molar-refractivity contribution in [3.8, 4) is 6.26 Å². The van der Waals surface area contributed by atoms with Crippen LogP contribution >= 0.6 is 0 Å². The predicted molar refractivity (Wildman–Crippen MR) is 56.4 cm³/mol. The van der Waals surface area contributed by atoms with Crippen LogP contribution in [0, 0.1) is 24.0 Å². The highest BCUT2D eigenvalue weighted by Gasteiger charge is 2.10. The second kappa shape index (κ2) is 10.7. The van der Waals surface area contributed by atoms with Gasteiger partial charge in [-0.15, -0.1) is 0 Å². The van der Waals surface area contributed by atoms with Crippen LogP contribution in [-0.4, -0.2) is 13.2 Å². The third kappa shape index (κ3) is 8.90. The summed E-state index contributed by atoms with van der Waals surface area (Å²) in [6, 6.07) is 0. The molecule has 0 aromatic heterocycles. The summed E-state index contributed by atoms with van der Waals surface area (Å²) in [6.45, 7) is 9.66. The van der Waals surface area contributed by atoms with E-state index in [0.29, 0.717) is 19.1 Å². The Morgan fingerprint density at radius 1 is 1.40 bits per heavy atom. The van der Waals surface area contributed by atoms with Gasteiger partial charge in [0.15, 0.2) is 6.61 Å². The van der Waals surface area contributed by atoms with Gasteiger partial charge >= 0.3 is 0 Å². The van der Waals surface area contributed by atoms with E-state index in [-0.39, 0.29) is 0 Å². The smallest absolute Gasteiger partial charge is 0.286 e. The minimum Gasteiger partial charge on any atom is -0.428 e. The lowest BCUT2D eigenvalue weighted by atomic mass is 9.98. The minimum atomic E-state index is 0.418. The topological polar surface area (TPSA) is 46.6 Å². The standard InChI is InChI=1S/C11H18N2O2/c1-3-4-6-11(9-15-13-2)7-5-8-14-10-12/h11H,3-9H2,1H3. The van der Waals surface area contributed by atoms with E-state index in [2.05, 4.69) is 16.7 Å². The molecule has 0 aliphatic heterocycles. The fourth-order valence-corrected chi connectivity index (χ4v) is 1.44. The maximum absolute atomic E-state index is 8.18. The Hall–Kier alpha value is -1.42. The van der Waals surface area contributed by atoms with Gasteiger partial charge in [0.1, 0.15) is 6.61 Å². The molecule has 0 spiro atoms. The van der Waals surface area contributed by atoms with Crippen molar-refractivity contribution in [2.75, 3.05) is 13.2 Å². The van der Waals surface area contributed by atoms with Gasteiger partial charge in [-0.25, -0.2) is 0 Å². The van der Waals surface area contributed by atoms with E-state index < -0.39 is 0 Å². The molecule has 0 aromatic rings. The minimum absolute atomic E-state index is 0.418. The monoisotopic (exact) mass is 210 g/mol. The van der Waals surface area contributed by atoms with Gasteiger partial charge in [0.05, 0.1) is 0 Å². The fourth-order valence-electron chi connectivity index (χ4n) is 1.44. The molecule has 0 aromatic carbocycles. The molecule has 0 N–H and O–H groups in total. The summed E-state index contributed by atoms with van der Waals surface area (Å²) in [7, 11) is 0. The van der Waals surface area contributed by atoms with Crippen LogP contribution in [0.4, 0.5) is 0 Å². The van der Waals surface area contributed by atoms with E-state index >= 15 is 0 Å². The van der Waals surface area contributed by atoms with Crippen LogP contribution < -0.4 is 0 Å². The third-order valence-corrected chi connectivity index (χ3v) is 2.26. The first-order valence-electron chi connectivity index (χ1n) is 5.34. The van der Waals surface area contributed by atoms with Crippen molar-refractivity contribution in [1.82, 2.24) is 0 Å². The molecule has 15 heavy (non-hydrogen) atoms. The van der Waals surface area contributed by atoms with Crippen molar-refractivity contribution in [2.45, 2.75) is 39.0 Å². The van der Waals surface area contributed by atoms with E-state index in [1.165, 1.54) is 0 Å². The Bertz CT molecular complexity index is 218. The van der Waals surface area contributed by atoms with Crippen LogP contribution in [0.3, 0.4) is 0 Å². The van der Waals surface area contributed by atoms with E-state index in [1.807, 2.05) is 0 Å². The summed E-state index contributed by atoms with van der Waals surface area (Å²) in [4.78, 5) is 4.74. The Morgan fingerprint density at radius 3 is 2.73 bits per heavy atom. The molecule has 0 rings (SSSR count). The molecule has 0 aliphatic rings. The first kappa shape index (κ1) is 13.6. The zero-order valence-corrected chi connectivity index (χ0v) is 9.24. The number of ether oxygens (including phenoxy) is 1. The number of unbranched alkanes of at least 4 members (excludes halogenated alkanes) is 1. The average molecular weight is 210 g/mol. The lowest BCUT2D eigenvalue weighted by Gasteiger charge is -2.11. The maximum Gasteiger partial charge on any atom is 0.286 e. The van der Waals surface area contributed by atoms with Crippen LogP contribution in [0.1, 0.15) is 39.0 Å². The number of nitriles is 1. The molecule has 1 atom stereocenters. The van der Waals surface area contributed by atoms with E-state index in [4.69, 9.17) is 16.7 Å². The van der Waals surface area contributed by atoms with Crippen molar-refractivity contribution < 1.29 is 9.57 Å². The highest BCUT2D eigenvalue weighted by molar-refractivity contribution is 4.60. The van der Waals surface area contributed by atoms with Crippen LogP contribution in [0.15, 0.2) is 0 Å². The molecular formula is C11H18N2O2. The van der Waals surface area contributed by atoms with Crippen LogP contribution in [-0.2, 0) is 9.57 Å². The summed E-state index contributed by atoms with van der Waals surface area (Å²) in [5.41, 5.74) is 0. The Morgan fingerprint density at radius 2 is 2.13 bits per heavy atom. The normalized spacial score (nSPS) is 11.1. The molecule has 0 bridgehead atoms. The highest BCUT2D eigenvalue weighted by atomic mass is 16.6. The summed E-state index contributed by atoms with van der Waals surface area (Å²) in [5, 5.41) is 11.1. The van der Waals surface area contributed by atoms with Gasteiger partial charge in [-0.05, 0) is 24.3 Å². The Labute approximate surface area is 91.6 Å². The SMILES string of the molecule is [C-]#[N+]OCC(CCCC)CCCOC#N. The van der Waals surface area contributed by atoms with Crippen molar-refractivity contribution >= 4 is 0 Å². The number of hydrogen-bond acceptors (Lipinski definition) is 3. The first-order valence-corrected chi connectivity index (χ1v) is 5.34. The average Bonchev–Trinajstić information content (AvgIpc) is 2.27. The van der Waals surface area contributed by atoms with E-state index in [0.717, 1.165) is 32.1 Å². The zero-order valence-electron chi connectivity index (χ0n) is 9.24. The predicted octanol–water partition coefficient (Wildman–Crippen LogP) is 2.92. The third-order valence-electron chi connectivity index (χ3n) is 2.26. The van der Waals surface area contributed by atoms with Crippen LogP contribution in [0.2, 0.25) is 0 Å². The van der Waals surface area contributed by atoms with Crippen molar-refractivity contribution in [3.05, 3.63) is 11.6 Å². The summed E-state index contributed by atoms with van der Waals surface area (Å²) in [5.74, 6) is 0.418.